The van der Waals surface area contributed by atoms with Crippen molar-refractivity contribution in [1.82, 2.24) is 15.5 Å². The smallest absolute Gasteiger partial charge is 0.191 e. The number of likely N-dealkylation sites (tertiary alicyclic amines) is 1. The lowest BCUT2D eigenvalue weighted by Crippen LogP contribution is -2.48. The Balaban J connectivity index is 1.80. The predicted molar refractivity (Wildman–Crippen MR) is 101 cm³/mol. The van der Waals surface area contributed by atoms with Crippen molar-refractivity contribution >= 4 is 5.96 Å². The monoisotopic (exact) mass is 332 g/mol. The van der Waals surface area contributed by atoms with E-state index in [1.54, 1.807) is 7.11 Å². The molecular formula is C19H32N4O. The largest absolute Gasteiger partial charge is 0.496 e. The van der Waals surface area contributed by atoms with Crippen molar-refractivity contribution in [3.8, 4) is 5.75 Å². The lowest BCUT2D eigenvalue weighted by molar-refractivity contribution is 0.139. The van der Waals surface area contributed by atoms with E-state index in [1.165, 1.54) is 25.9 Å². The highest BCUT2D eigenvalue weighted by Crippen LogP contribution is 2.18. The summed E-state index contributed by atoms with van der Waals surface area (Å²) in [4.78, 5) is 6.90. The maximum absolute atomic E-state index is 5.39. The standard InChI is InChI=1S/C19H32N4O/c1-15-8-7-11-23(14-15)16(2)12-21-19(20-3)22-13-17-9-5-6-10-18(17)24-4/h5-6,9-10,15-16H,7-8,11-14H2,1-4H3,(H2,20,21,22). The molecule has 1 aromatic rings. The molecule has 5 nitrogen and oxygen atoms in total. The van der Waals surface area contributed by atoms with E-state index < -0.39 is 0 Å². The summed E-state index contributed by atoms with van der Waals surface area (Å²) in [6, 6.07) is 8.56. The van der Waals surface area contributed by atoms with Crippen molar-refractivity contribution in [1.29, 1.82) is 0 Å². The van der Waals surface area contributed by atoms with Crippen molar-refractivity contribution in [2.24, 2.45) is 10.9 Å². The quantitative estimate of drug-likeness (QED) is 0.621. The van der Waals surface area contributed by atoms with Gasteiger partial charge in [-0.05, 0) is 38.3 Å². The van der Waals surface area contributed by atoms with Gasteiger partial charge in [-0.15, -0.1) is 0 Å². The third-order valence-electron chi connectivity index (χ3n) is 4.74. The summed E-state index contributed by atoms with van der Waals surface area (Å²) in [5, 5.41) is 6.81. The minimum atomic E-state index is 0.512. The fraction of sp³-hybridized carbons (Fsp3) is 0.632. The van der Waals surface area contributed by atoms with Crippen molar-refractivity contribution in [3.05, 3.63) is 29.8 Å². The van der Waals surface area contributed by atoms with Crippen LogP contribution in [0.5, 0.6) is 5.75 Å². The lowest BCUT2D eigenvalue weighted by atomic mass is 9.99. The van der Waals surface area contributed by atoms with E-state index in [0.717, 1.165) is 29.7 Å². The number of methoxy groups -OCH3 is 1. The maximum Gasteiger partial charge on any atom is 0.191 e. The minimum Gasteiger partial charge on any atom is -0.496 e. The first-order valence-corrected chi connectivity index (χ1v) is 8.94. The van der Waals surface area contributed by atoms with Gasteiger partial charge in [0.05, 0.1) is 7.11 Å². The van der Waals surface area contributed by atoms with Gasteiger partial charge >= 0.3 is 0 Å². The Bertz CT molecular complexity index is 532. The number of guanidine groups is 1. The highest BCUT2D eigenvalue weighted by Gasteiger charge is 2.20. The molecule has 1 aromatic carbocycles. The summed E-state index contributed by atoms with van der Waals surface area (Å²) in [7, 11) is 3.51. The summed E-state index contributed by atoms with van der Waals surface area (Å²) >= 11 is 0. The topological polar surface area (TPSA) is 48.9 Å². The number of nitrogens with one attached hydrogen (secondary N) is 2. The van der Waals surface area contributed by atoms with Crippen molar-refractivity contribution < 1.29 is 4.74 Å². The van der Waals surface area contributed by atoms with Gasteiger partial charge in [0, 0.05) is 38.3 Å². The fourth-order valence-corrected chi connectivity index (χ4v) is 3.25. The number of ether oxygens (including phenoxy) is 1. The highest BCUT2D eigenvalue weighted by atomic mass is 16.5. The van der Waals surface area contributed by atoms with E-state index in [9.17, 15) is 0 Å². The van der Waals surface area contributed by atoms with E-state index in [2.05, 4.69) is 40.4 Å². The molecule has 0 bridgehead atoms. The van der Waals surface area contributed by atoms with Crippen molar-refractivity contribution in [2.75, 3.05) is 33.8 Å². The average Bonchev–Trinajstić information content (AvgIpc) is 2.62. The van der Waals surface area contributed by atoms with Crippen LogP contribution in [-0.2, 0) is 6.54 Å². The summed E-state index contributed by atoms with van der Waals surface area (Å²) in [6.45, 7) is 8.65. The zero-order valence-corrected chi connectivity index (χ0v) is 15.5. The zero-order chi connectivity index (χ0) is 17.4. The first kappa shape index (κ1) is 18.6. The van der Waals surface area contributed by atoms with Gasteiger partial charge in [0.25, 0.3) is 0 Å². The molecular weight excluding hydrogens is 300 g/mol. The molecule has 0 saturated carbocycles. The van der Waals surface area contributed by atoms with Gasteiger partial charge in [-0.2, -0.15) is 0 Å². The Morgan fingerprint density at radius 2 is 2.17 bits per heavy atom. The number of hydrogen-bond donors (Lipinski definition) is 2. The van der Waals surface area contributed by atoms with Crippen molar-refractivity contribution in [2.45, 2.75) is 39.3 Å². The highest BCUT2D eigenvalue weighted by molar-refractivity contribution is 5.79. The van der Waals surface area contributed by atoms with Crippen LogP contribution in [0.4, 0.5) is 0 Å². The molecule has 2 rings (SSSR count). The fourth-order valence-electron chi connectivity index (χ4n) is 3.25. The molecule has 24 heavy (non-hydrogen) atoms. The molecule has 5 heteroatoms. The number of aliphatic imine (C=N–C) groups is 1. The normalized spacial score (nSPS) is 20.5. The summed E-state index contributed by atoms with van der Waals surface area (Å²) in [5.74, 6) is 2.54. The number of para-hydroxylation sites is 1. The maximum atomic E-state index is 5.39. The zero-order valence-electron chi connectivity index (χ0n) is 15.5. The lowest BCUT2D eigenvalue weighted by Gasteiger charge is -2.35. The Kier molecular flexibility index (Phi) is 7.37. The summed E-state index contributed by atoms with van der Waals surface area (Å²) in [5.41, 5.74) is 1.13. The van der Waals surface area contributed by atoms with Crippen LogP contribution in [-0.4, -0.2) is 50.7 Å². The van der Waals surface area contributed by atoms with Crippen LogP contribution in [0.1, 0.15) is 32.3 Å². The predicted octanol–water partition coefficient (Wildman–Crippen LogP) is 2.48. The molecule has 2 N–H and O–H groups in total. The Hall–Kier alpha value is -1.75. The van der Waals surface area contributed by atoms with Crippen LogP contribution in [0.25, 0.3) is 0 Å². The molecule has 1 aliphatic heterocycles. The summed E-state index contributed by atoms with van der Waals surface area (Å²) < 4.78 is 5.39. The number of nitrogens with zero attached hydrogens (tertiary/aromatic N) is 2. The second kappa shape index (κ2) is 9.52. The van der Waals surface area contributed by atoms with Gasteiger partial charge in [-0.25, -0.2) is 0 Å². The summed E-state index contributed by atoms with van der Waals surface area (Å²) in [6.07, 6.45) is 2.67. The van der Waals surface area contributed by atoms with E-state index in [4.69, 9.17) is 4.74 Å². The van der Waals surface area contributed by atoms with Crippen LogP contribution < -0.4 is 15.4 Å². The Morgan fingerprint density at radius 1 is 1.38 bits per heavy atom. The Labute approximate surface area is 146 Å². The van der Waals surface area contributed by atoms with Crippen LogP contribution in [0.15, 0.2) is 29.3 Å². The van der Waals surface area contributed by atoms with Gasteiger partial charge in [0.15, 0.2) is 5.96 Å². The molecule has 134 valence electrons. The molecule has 0 aliphatic carbocycles. The third-order valence-corrected chi connectivity index (χ3v) is 4.74. The molecule has 0 radical (unpaired) electrons. The van der Waals surface area contributed by atoms with Crippen molar-refractivity contribution in [3.63, 3.8) is 0 Å². The molecule has 0 aromatic heterocycles. The number of hydrogen-bond acceptors (Lipinski definition) is 3. The van der Waals surface area contributed by atoms with Crippen LogP contribution in [0.3, 0.4) is 0 Å². The van der Waals surface area contributed by atoms with Gasteiger partial charge in [0.1, 0.15) is 5.75 Å². The second-order valence-electron chi connectivity index (χ2n) is 6.71. The van der Waals surface area contributed by atoms with Crippen LogP contribution in [0, 0.1) is 5.92 Å². The van der Waals surface area contributed by atoms with Crippen LogP contribution in [0.2, 0.25) is 0 Å². The van der Waals surface area contributed by atoms with E-state index >= 15 is 0 Å². The number of piperidine rings is 1. The van der Waals surface area contributed by atoms with E-state index in [-0.39, 0.29) is 0 Å². The van der Waals surface area contributed by atoms with Gasteiger partial charge in [0.2, 0.25) is 0 Å². The third kappa shape index (κ3) is 5.41. The van der Waals surface area contributed by atoms with Crippen LogP contribution >= 0.6 is 0 Å². The van der Waals surface area contributed by atoms with Gasteiger partial charge in [-0.1, -0.05) is 25.1 Å². The first-order chi connectivity index (χ1) is 11.6. The molecule has 2 atom stereocenters. The van der Waals surface area contributed by atoms with Gasteiger partial charge in [-0.3, -0.25) is 9.89 Å². The van der Waals surface area contributed by atoms with Gasteiger partial charge < -0.3 is 15.4 Å². The number of rotatable bonds is 6. The first-order valence-electron chi connectivity index (χ1n) is 8.94. The minimum absolute atomic E-state index is 0.512. The number of benzene rings is 1. The Morgan fingerprint density at radius 3 is 2.88 bits per heavy atom. The molecule has 2 unspecified atom stereocenters. The second-order valence-corrected chi connectivity index (χ2v) is 6.71. The SMILES string of the molecule is CN=C(NCc1ccccc1OC)NCC(C)N1CCCC(C)C1. The van der Waals surface area contributed by atoms with E-state index in [1.807, 2.05) is 25.2 Å². The molecule has 1 saturated heterocycles. The molecule has 1 aliphatic rings. The average molecular weight is 332 g/mol. The van der Waals surface area contributed by atoms with E-state index in [0.29, 0.717) is 12.6 Å². The molecule has 1 fully saturated rings. The molecule has 0 amide bonds. The molecule has 1 heterocycles. The molecule has 0 spiro atoms.